The van der Waals surface area contributed by atoms with E-state index in [0.717, 1.165) is 33.1 Å². The molecule has 1 atom stereocenters. The predicted molar refractivity (Wildman–Crippen MR) is 107 cm³/mol. The molecule has 1 unspecified atom stereocenters. The van der Waals surface area contributed by atoms with E-state index in [2.05, 4.69) is 36.2 Å². The van der Waals surface area contributed by atoms with Crippen LogP contribution in [-0.2, 0) is 12.8 Å². The predicted octanol–water partition coefficient (Wildman–Crippen LogP) is 5.52. The van der Waals surface area contributed by atoms with Crippen LogP contribution >= 0.6 is 23.4 Å². The molecule has 26 heavy (non-hydrogen) atoms. The summed E-state index contributed by atoms with van der Waals surface area (Å²) in [5, 5.41) is 10.3. The van der Waals surface area contributed by atoms with Crippen molar-refractivity contribution in [3.8, 4) is 5.75 Å². The van der Waals surface area contributed by atoms with Gasteiger partial charge in [0.15, 0.2) is 17.1 Å². The van der Waals surface area contributed by atoms with Crippen molar-refractivity contribution in [2.24, 2.45) is 7.05 Å². The van der Waals surface area contributed by atoms with Crippen LogP contribution in [0.1, 0.15) is 35.5 Å². The summed E-state index contributed by atoms with van der Waals surface area (Å²) in [4.78, 5) is 0. The third-order valence-corrected chi connectivity index (χ3v) is 5.49. The van der Waals surface area contributed by atoms with Crippen molar-refractivity contribution in [1.29, 1.82) is 0 Å². The first-order chi connectivity index (χ1) is 12.4. The van der Waals surface area contributed by atoms with Gasteiger partial charge in [-0.2, -0.15) is 0 Å². The lowest BCUT2D eigenvalue weighted by Gasteiger charge is -2.16. The monoisotopic (exact) mass is 387 g/mol. The van der Waals surface area contributed by atoms with Gasteiger partial charge in [-0.15, -0.1) is 10.2 Å². The molecule has 0 bridgehead atoms. The number of benzene rings is 2. The second-order valence-corrected chi connectivity index (χ2v) is 7.72. The zero-order chi connectivity index (χ0) is 18.7. The van der Waals surface area contributed by atoms with Crippen LogP contribution < -0.4 is 4.74 Å². The minimum absolute atomic E-state index is 0.182. The highest BCUT2D eigenvalue weighted by Crippen LogP contribution is 2.27. The molecule has 0 aliphatic carbocycles. The lowest BCUT2D eigenvalue weighted by Crippen LogP contribution is -2.10. The minimum Gasteiger partial charge on any atom is -0.482 e. The van der Waals surface area contributed by atoms with Crippen LogP contribution in [0.3, 0.4) is 0 Å². The quantitative estimate of drug-likeness (QED) is 0.522. The third-order valence-electron chi connectivity index (χ3n) is 4.15. The van der Waals surface area contributed by atoms with Crippen LogP contribution in [0.5, 0.6) is 5.75 Å². The van der Waals surface area contributed by atoms with E-state index in [1.165, 1.54) is 11.1 Å². The number of halogens is 1. The number of aryl methyl sites for hydroxylation is 2. The Morgan fingerprint density at radius 3 is 2.54 bits per heavy atom. The van der Waals surface area contributed by atoms with E-state index >= 15 is 0 Å². The molecule has 0 aliphatic rings. The van der Waals surface area contributed by atoms with Crippen molar-refractivity contribution in [3.63, 3.8) is 0 Å². The Bertz CT molecular complexity index is 893. The maximum atomic E-state index is 6.11. The van der Waals surface area contributed by atoms with Gasteiger partial charge in [0, 0.05) is 17.8 Å². The van der Waals surface area contributed by atoms with Crippen molar-refractivity contribution >= 4 is 23.4 Å². The van der Waals surface area contributed by atoms with E-state index in [1.807, 2.05) is 48.9 Å². The van der Waals surface area contributed by atoms with Crippen molar-refractivity contribution < 1.29 is 4.74 Å². The highest BCUT2D eigenvalue weighted by Gasteiger charge is 2.18. The summed E-state index contributed by atoms with van der Waals surface area (Å²) in [7, 11) is 1.97. The van der Waals surface area contributed by atoms with Gasteiger partial charge in [0.2, 0.25) is 0 Å². The van der Waals surface area contributed by atoms with Crippen molar-refractivity contribution in [2.45, 2.75) is 37.8 Å². The van der Waals surface area contributed by atoms with Gasteiger partial charge in [0.25, 0.3) is 0 Å². The second-order valence-electron chi connectivity index (χ2n) is 6.34. The van der Waals surface area contributed by atoms with E-state index in [9.17, 15) is 0 Å². The number of aromatic nitrogens is 3. The molecule has 0 saturated heterocycles. The molecule has 0 aliphatic heterocycles. The van der Waals surface area contributed by atoms with Crippen molar-refractivity contribution in [3.05, 3.63) is 70.0 Å². The number of ether oxygens (including phenoxy) is 1. The molecule has 1 aromatic heterocycles. The fourth-order valence-corrected chi connectivity index (χ4v) is 3.71. The van der Waals surface area contributed by atoms with Gasteiger partial charge in [-0.25, -0.2) is 0 Å². The van der Waals surface area contributed by atoms with Crippen LogP contribution in [0.2, 0.25) is 5.02 Å². The molecule has 2 aromatic carbocycles. The smallest absolute Gasteiger partial charge is 0.191 e. The third kappa shape index (κ3) is 4.40. The first-order valence-electron chi connectivity index (χ1n) is 8.44. The van der Waals surface area contributed by atoms with E-state index in [0.29, 0.717) is 0 Å². The van der Waals surface area contributed by atoms with Crippen LogP contribution in [0, 0.1) is 13.8 Å². The molecule has 0 amide bonds. The van der Waals surface area contributed by atoms with Gasteiger partial charge < -0.3 is 9.30 Å². The Morgan fingerprint density at radius 1 is 1.12 bits per heavy atom. The normalized spacial score (nSPS) is 12.2. The number of hydrogen-bond donors (Lipinski definition) is 0. The summed E-state index contributed by atoms with van der Waals surface area (Å²) < 4.78 is 8.10. The summed E-state index contributed by atoms with van der Waals surface area (Å²) in [6, 6.07) is 14.0. The molecular formula is C20H22ClN3OS. The Morgan fingerprint density at radius 2 is 1.85 bits per heavy atom. The highest BCUT2D eigenvalue weighted by molar-refractivity contribution is 7.98. The maximum absolute atomic E-state index is 6.11. The Balaban J connectivity index is 1.68. The number of rotatable bonds is 6. The fourth-order valence-electron chi connectivity index (χ4n) is 2.71. The summed E-state index contributed by atoms with van der Waals surface area (Å²) in [6.45, 7) is 6.13. The Hall–Kier alpha value is -1.98. The van der Waals surface area contributed by atoms with Crippen LogP contribution in [-0.4, -0.2) is 14.8 Å². The molecule has 136 valence electrons. The van der Waals surface area contributed by atoms with Crippen LogP contribution in [0.15, 0.2) is 47.6 Å². The van der Waals surface area contributed by atoms with E-state index in [4.69, 9.17) is 16.3 Å². The van der Waals surface area contributed by atoms with E-state index < -0.39 is 0 Å². The summed E-state index contributed by atoms with van der Waals surface area (Å²) in [5.74, 6) is 2.50. The molecule has 6 heteroatoms. The average Bonchev–Trinajstić information content (AvgIpc) is 2.98. The van der Waals surface area contributed by atoms with E-state index in [1.54, 1.807) is 11.8 Å². The van der Waals surface area contributed by atoms with Crippen LogP contribution in [0.25, 0.3) is 0 Å². The number of thioether (sulfide) groups is 1. The van der Waals surface area contributed by atoms with Gasteiger partial charge in [0.05, 0.1) is 0 Å². The van der Waals surface area contributed by atoms with Gasteiger partial charge in [0.1, 0.15) is 5.75 Å². The summed E-state index contributed by atoms with van der Waals surface area (Å²) >= 11 is 7.58. The first-order valence-corrected chi connectivity index (χ1v) is 9.81. The first kappa shape index (κ1) is 18.8. The summed E-state index contributed by atoms with van der Waals surface area (Å²) in [6.07, 6.45) is -0.182. The zero-order valence-corrected chi connectivity index (χ0v) is 16.9. The number of hydrogen-bond acceptors (Lipinski definition) is 4. The molecular weight excluding hydrogens is 366 g/mol. The second kappa shape index (κ2) is 8.14. The van der Waals surface area contributed by atoms with Gasteiger partial charge in [-0.1, -0.05) is 53.2 Å². The lowest BCUT2D eigenvalue weighted by atomic mass is 10.1. The fraction of sp³-hybridized carbons (Fsp3) is 0.300. The largest absolute Gasteiger partial charge is 0.482 e. The molecule has 0 spiro atoms. The zero-order valence-electron chi connectivity index (χ0n) is 15.4. The average molecular weight is 388 g/mol. The topological polar surface area (TPSA) is 39.9 Å². The van der Waals surface area contributed by atoms with Crippen LogP contribution in [0.4, 0.5) is 0 Å². The van der Waals surface area contributed by atoms with Gasteiger partial charge in [-0.3, -0.25) is 0 Å². The molecule has 4 nitrogen and oxygen atoms in total. The van der Waals surface area contributed by atoms with Gasteiger partial charge >= 0.3 is 0 Å². The SMILES string of the molecule is Cc1ccc(OC(C)c2nnc(SCc3ccc(Cl)cc3)n2C)c(C)c1. The molecule has 0 radical (unpaired) electrons. The molecule has 3 aromatic rings. The molecule has 3 rings (SSSR count). The standard InChI is InChI=1S/C20H22ClN3OS/c1-13-5-10-18(14(2)11-13)25-15(3)19-22-23-20(24(19)4)26-12-16-6-8-17(21)9-7-16/h5-11,15H,12H2,1-4H3. The summed E-state index contributed by atoms with van der Waals surface area (Å²) in [5.41, 5.74) is 3.54. The Kier molecular flexibility index (Phi) is 5.89. The Labute approximate surface area is 163 Å². The van der Waals surface area contributed by atoms with Crippen molar-refractivity contribution in [1.82, 2.24) is 14.8 Å². The number of nitrogens with zero attached hydrogens (tertiary/aromatic N) is 3. The lowest BCUT2D eigenvalue weighted by molar-refractivity contribution is 0.210. The highest BCUT2D eigenvalue weighted by atomic mass is 35.5. The maximum Gasteiger partial charge on any atom is 0.191 e. The molecule has 1 heterocycles. The van der Waals surface area contributed by atoms with Crippen molar-refractivity contribution in [2.75, 3.05) is 0 Å². The molecule has 0 fully saturated rings. The molecule has 0 N–H and O–H groups in total. The molecule has 0 saturated carbocycles. The van der Waals surface area contributed by atoms with Gasteiger partial charge in [-0.05, 0) is 50.1 Å². The van der Waals surface area contributed by atoms with E-state index in [-0.39, 0.29) is 6.10 Å². The minimum atomic E-state index is -0.182.